The van der Waals surface area contributed by atoms with Gasteiger partial charge in [-0.25, -0.2) is 0 Å². The number of carbonyl (C=O) groups excluding carboxylic acids is 2. The zero-order chi connectivity index (χ0) is 23.9. The van der Waals surface area contributed by atoms with E-state index in [1.165, 1.54) is 16.7 Å². The van der Waals surface area contributed by atoms with Crippen LogP contribution in [-0.2, 0) is 15.3 Å². The SMILES string of the molecule is Cc1ccc(C)c(CSCC2Nc3ccc(C(=O)NCCCN4CCOCC4)cc3NC2=O)c1. The van der Waals surface area contributed by atoms with Crippen LogP contribution in [0.1, 0.15) is 33.5 Å². The summed E-state index contributed by atoms with van der Waals surface area (Å²) in [5.41, 5.74) is 5.89. The molecule has 2 amide bonds. The highest BCUT2D eigenvalue weighted by atomic mass is 32.2. The smallest absolute Gasteiger partial charge is 0.251 e. The Kier molecular flexibility index (Phi) is 8.48. The normalized spacial score (nSPS) is 18.1. The Balaban J connectivity index is 1.25. The van der Waals surface area contributed by atoms with Crippen LogP contribution in [0, 0.1) is 13.8 Å². The van der Waals surface area contributed by atoms with Gasteiger partial charge >= 0.3 is 0 Å². The minimum Gasteiger partial charge on any atom is -0.379 e. The van der Waals surface area contributed by atoms with E-state index in [0.717, 1.165) is 50.7 Å². The lowest BCUT2D eigenvalue weighted by atomic mass is 10.1. The lowest BCUT2D eigenvalue weighted by molar-refractivity contribution is -0.116. The lowest BCUT2D eigenvalue weighted by Gasteiger charge is -2.27. The number of morpholine rings is 1. The molecule has 34 heavy (non-hydrogen) atoms. The number of nitrogens with zero attached hydrogens (tertiary/aromatic N) is 1. The summed E-state index contributed by atoms with van der Waals surface area (Å²) in [6.45, 7) is 9.28. The average molecular weight is 483 g/mol. The van der Waals surface area contributed by atoms with Crippen molar-refractivity contribution in [3.05, 3.63) is 58.7 Å². The van der Waals surface area contributed by atoms with E-state index in [4.69, 9.17) is 4.74 Å². The van der Waals surface area contributed by atoms with Gasteiger partial charge in [-0.1, -0.05) is 23.8 Å². The molecule has 182 valence electrons. The summed E-state index contributed by atoms with van der Waals surface area (Å²) in [5.74, 6) is 1.36. The predicted octanol–water partition coefficient (Wildman–Crippen LogP) is 3.42. The van der Waals surface area contributed by atoms with Gasteiger partial charge in [0.05, 0.1) is 24.6 Å². The number of hydrogen-bond donors (Lipinski definition) is 3. The third kappa shape index (κ3) is 6.52. The van der Waals surface area contributed by atoms with Crippen molar-refractivity contribution >= 4 is 35.0 Å². The topological polar surface area (TPSA) is 82.7 Å². The molecule has 0 aliphatic carbocycles. The number of amides is 2. The minimum absolute atomic E-state index is 0.0657. The number of nitrogens with one attached hydrogen (secondary N) is 3. The lowest BCUT2D eigenvalue weighted by Crippen LogP contribution is -2.40. The highest BCUT2D eigenvalue weighted by Crippen LogP contribution is 2.29. The molecule has 2 aromatic carbocycles. The van der Waals surface area contributed by atoms with Gasteiger partial charge in [-0.2, -0.15) is 11.8 Å². The minimum atomic E-state index is -0.303. The maximum atomic E-state index is 12.7. The van der Waals surface area contributed by atoms with Crippen molar-refractivity contribution in [3.63, 3.8) is 0 Å². The molecule has 2 heterocycles. The molecule has 0 spiro atoms. The van der Waals surface area contributed by atoms with Gasteiger partial charge in [-0.3, -0.25) is 14.5 Å². The molecule has 4 rings (SSSR count). The number of benzene rings is 2. The van der Waals surface area contributed by atoms with E-state index in [-0.39, 0.29) is 17.9 Å². The van der Waals surface area contributed by atoms with Crippen LogP contribution in [0.15, 0.2) is 36.4 Å². The van der Waals surface area contributed by atoms with Gasteiger partial charge in [0.1, 0.15) is 6.04 Å². The van der Waals surface area contributed by atoms with Crippen LogP contribution in [0.25, 0.3) is 0 Å². The Morgan fingerprint density at radius 1 is 1.15 bits per heavy atom. The highest BCUT2D eigenvalue weighted by Gasteiger charge is 2.26. The average Bonchev–Trinajstić information content (AvgIpc) is 2.84. The molecule has 8 heteroatoms. The summed E-state index contributed by atoms with van der Waals surface area (Å²) in [7, 11) is 0. The number of thioether (sulfide) groups is 1. The Hall–Kier alpha value is -2.55. The summed E-state index contributed by atoms with van der Waals surface area (Å²) in [4.78, 5) is 27.6. The van der Waals surface area contributed by atoms with E-state index < -0.39 is 0 Å². The summed E-state index contributed by atoms with van der Waals surface area (Å²) in [6.07, 6.45) is 0.899. The van der Waals surface area contributed by atoms with Crippen molar-refractivity contribution in [1.29, 1.82) is 0 Å². The maximum Gasteiger partial charge on any atom is 0.251 e. The molecule has 0 radical (unpaired) electrons. The third-order valence-electron chi connectivity index (χ3n) is 6.27. The van der Waals surface area contributed by atoms with Crippen LogP contribution < -0.4 is 16.0 Å². The van der Waals surface area contributed by atoms with E-state index in [2.05, 4.69) is 52.9 Å². The molecule has 2 aromatic rings. The molecular formula is C26H34N4O3S. The van der Waals surface area contributed by atoms with Crippen molar-refractivity contribution < 1.29 is 14.3 Å². The summed E-state index contributed by atoms with van der Waals surface area (Å²) >= 11 is 1.75. The fourth-order valence-electron chi connectivity index (χ4n) is 4.18. The molecular weight excluding hydrogens is 448 g/mol. The molecule has 0 bridgehead atoms. The first-order valence-electron chi connectivity index (χ1n) is 11.9. The quantitative estimate of drug-likeness (QED) is 0.475. The predicted molar refractivity (Wildman–Crippen MR) is 139 cm³/mol. The Bertz CT molecular complexity index is 1020. The summed E-state index contributed by atoms with van der Waals surface area (Å²) in [6, 6.07) is 11.6. The number of anilines is 2. The standard InChI is InChI=1S/C26H34N4O3S/c1-18-4-5-19(2)21(14-18)16-34-17-24-26(32)29-23-15-20(6-7-22(23)28-24)25(31)27-8-3-9-30-10-12-33-13-11-30/h4-7,14-15,24,28H,3,8-13,16-17H2,1-2H3,(H,27,31)(H,29,32). The van der Waals surface area contributed by atoms with Gasteiger partial charge in [0, 0.05) is 36.7 Å². The first-order chi connectivity index (χ1) is 16.5. The molecule has 1 unspecified atom stereocenters. The first-order valence-corrected chi connectivity index (χ1v) is 13.1. The first kappa shape index (κ1) is 24.6. The van der Waals surface area contributed by atoms with Crippen molar-refractivity contribution in [1.82, 2.24) is 10.2 Å². The molecule has 2 aliphatic heterocycles. The second-order valence-electron chi connectivity index (χ2n) is 8.96. The summed E-state index contributed by atoms with van der Waals surface area (Å²) in [5, 5.41) is 9.29. The monoisotopic (exact) mass is 482 g/mol. The zero-order valence-corrected chi connectivity index (χ0v) is 20.8. The van der Waals surface area contributed by atoms with Gasteiger partial charge < -0.3 is 20.7 Å². The van der Waals surface area contributed by atoms with E-state index >= 15 is 0 Å². The van der Waals surface area contributed by atoms with Crippen LogP contribution in [0.5, 0.6) is 0 Å². The molecule has 0 saturated carbocycles. The van der Waals surface area contributed by atoms with Crippen molar-refractivity contribution in [2.75, 3.05) is 55.8 Å². The molecule has 7 nitrogen and oxygen atoms in total. The van der Waals surface area contributed by atoms with E-state index in [0.29, 0.717) is 23.5 Å². The van der Waals surface area contributed by atoms with E-state index in [1.807, 2.05) is 6.07 Å². The van der Waals surface area contributed by atoms with Crippen LogP contribution in [-0.4, -0.2) is 67.9 Å². The van der Waals surface area contributed by atoms with E-state index in [1.54, 1.807) is 23.9 Å². The largest absolute Gasteiger partial charge is 0.379 e. The van der Waals surface area contributed by atoms with E-state index in [9.17, 15) is 9.59 Å². The molecule has 2 aliphatic rings. The van der Waals surface area contributed by atoms with Crippen LogP contribution in [0.4, 0.5) is 11.4 Å². The Morgan fingerprint density at radius 3 is 2.79 bits per heavy atom. The molecule has 1 saturated heterocycles. The molecule has 0 aromatic heterocycles. The van der Waals surface area contributed by atoms with Crippen LogP contribution in [0.3, 0.4) is 0 Å². The zero-order valence-electron chi connectivity index (χ0n) is 20.0. The Morgan fingerprint density at radius 2 is 1.97 bits per heavy atom. The fourth-order valence-corrected chi connectivity index (χ4v) is 5.30. The van der Waals surface area contributed by atoms with Crippen molar-refractivity contribution in [3.8, 4) is 0 Å². The molecule has 3 N–H and O–H groups in total. The molecule has 1 atom stereocenters. The second kappa shape index (κ2) is 11.7. The third-order valence-corrected chi connectivity index (χ3v) is 7.36. The number of fused-ring (bicyclic) bond motifs is 1. The molecule has 1 fully saturated rings. The number of hydrogen-bond acceptors (Lipinski definition) is 6. The van der Waals surface area contributed by atoms with Gasteiger partial charge in [0.2, 0.25) is 5.91 Å². The van der Waals surface area contributed by atoms with Gasteiger partial charge in [-0.15, -0.1) is 0 Å². The highest BCUT2D eigenvalue weighted by molar-refractivity contribution is 7.98. The number of rotatable bonds is 9. The van der Waals surface area contributed by atoms with Crippen LogP contribution >= 0.6 is 11.8 Å². The van der Waals surface area contributed by atoms with Crippen molar-refractivity contribution in [2.24, 2.45) is 0 Å². The number of aryl methyl sites for hydroxylation is 2. The summed E-state index contributed by atoms with van der Waals surface area (Å²) < 4.78 is 5.36. The van der Waals surface area contributed by atoms with Gasteiger partial charge in [0.15, 0.2) is 0 Å². The maximum absolute atomic E-state index is 12.7. The fraction of sp³-hybridized carbons (Fsp3) is 0.462. The second-order valence-corrected chi connectivity index (χ2v) is 9.99. The number of ether oxygens (including phenoxy) is 1. The Labute approximate surface area is 206 Å². The van der Waals surface area contributed by atoms with Gasteiger partial charge in [0.25, 0.3) is 5.91 Å². The van der Waals surface area contributed by atoms with Crippen molar-refractivity contribution in [2.45, 2.75) is 32.1 Å². The van der Waals surface area contributed by atoms with Gasteiger partial charge in [-0.05, 0) is 56.1 Å². The number of carbonyl (C=O) groups is 2. The van der Waals surface area contributed by atoms with Crippen LogP contribution in [0.2, 0.25) is 0 Å².